The predicted octanol–water partition coefficient (Wildman–Crippen LogP) is 1.41. The van der Waals surface area contributed by atoms with E-state index in [-0.39, 0.29) is 6.09 Å². The van der Waals surface area contributed by atoms with Gasteiger partial charge in [-0.1, -0.05) is 12.1 Å². The van der Waals surface area contributed by atoms with E-state index in [1.165, 1.54) is 18.5 Å². The summed E-state index contributed by atoms with van der Waals surface area (Å²) in [6.45, 7) is 6.48. The summed E-state index contributed by atoms with van der Waals surface area (Å²) in [5, 5.41) is 0. The Labute approximate surface area is 131 Å². The lowest BCUT2D eigenvalue weighted by atomic mass is 10.2. The number of morpholine rings is 1. The highest BCUT2D eigenvalue weighted by Gasteiger charge is 2.24. The predicted molar refractivity (Wildman–Crippen MR) is 85.7 cm³/mol. The van der Waals surface area contributed by atoms with E-state index in [4.69, 9.17) is 9.47 Å². The second kappa shape index (κ2) is 6.87. The van der Waals surface area contributed by atoms with Crippen molar-refractivity contribution in [1.82, 2.24) is 4.90 Å². The Kier molecular flexibility index (Phi) is 4.68. The summed E-state index contributed by atoms with van der Waals surface area (Å²) in [7, 11) is 1.43. The summed E-state index contributed by atoms with van der Waals surface area (Å²) >= 11 is 0. The summed E-state index contributed by atoms with van der Waals surface area (Å²) in [5.41, 5.74) is 2.51. The average molecular weight is 305 g/mol. The van der Waals surface area contributed by atoms with Gasteiger partial charge in [0, 0.05) is 39.3 Å². The fourth-order valence-electron chi connectivity index (χ4n) is 3.06. The van der Waals surface area contributed by atoms with Gasteiger partial charge in [0.2, 0.25) is 0 Å². The number of piperazine rings is 1. The maximum absolute atomic E-state index is 11.6. The SMILES string of the molecule is COC(=O)N1CCN(c2ccccc2N2CCOCC2)CC1. The van der Waals surface area contributed by atoms with Crippen LogP contribution in [0.3, 0.4) is 0 Å². The lowest BCUT2D eigenvalue weighted by molar-refractivity contribution is 0.120. The van der Waals surface area contributed by atoms with E-state index >= 15 is 0 Å². The molecular weight excluding hydrogens is 282 g/mol. The van der Waals surface area contributed by atoms with Gasteiger partial charge in [-0.05, 0) is 12.1 Å². The molecule has 2 aliphatic heterocycles. The van der Waals surface area contributed by atoms with E-state index in [1.54, 1.807) is 4.90 Å². The number of carbonyl (C=O) groups excluding carboxylic acids is 1. The number of hydrogen-bond donors (Lipinski definition) is 0. The van der Waals surface area contributed by atoms with Gasteiger partial charge in [-0.25, -0.2) is 4.79 Å². The van der Waals surface area contributed by atoms with Gasteiger partial charge in [0.1, 0.15) is 0 Å². The second-order valence-electron chi connectivity index (χ2n) is 5.53. The van der Waals surface area contributed by atoms with E-state index in [2.05, 4.69) is 34.1 Å². The molecule has 0 spiro atoms. The van der Waals surface area contributed by atoms with Crippen molar-refractivity contribution in [2.24, 2.45) is 0 Å². The van der Waals surface area contributed by atoms with E-state index in [9.17, 15) is 4.79 Å². The zero-order chi connectivity index (χ0) is 15.4. The number of nitrogens with zero attached hydrogens (tertiary/aromatic N) is 3. The highest BCUT2D eigenvalue weighted by Crippen LogP contribution is 2.30. The molecule has 2 heterocycles. The number of methoxy groups -OCH3 is 1. The molecule has 120 valence electrons. The molecule has 1 aromatic rings. The Balaban J connectivity index is 1.71. The Morgan fingerprint density at radius 1 is 0.955 bits per heavy atom. The van der Waals surface area contributed by atoms with Crippen molar-refractivity contribution < 1.29 is 14.3 Å². The highest BCUT2D eigenvalue weighted by atomic mass is 16.5. The number of hydrogen-bond acceptors (Lipinski definition) is 5. The number of para-hydroxylation sites is 2. The Morgan fingerprint density at radius 2 is 1.50 bits per heavy atom. The van der Waals surface area contributed by atoms with E-state index < -0.39 is 0 Å². The molecule has 0 radical (unpaired) electrons. The van der Waals surface area contributed by atoms with Crippen LogP contribution in [0, 0.1) is 0 Å². The van der Waals surface area contributed by atoms with Crippen molar-refractivity contribution in [3.63, 3.8) is 0 Å². The topological polar surface area (TPSA) is 45.2 Å². The molecule has 1 aromatic carbocycles. The Morgan fingerprint density at radius 3 is 2.05 bits per heavy atom. The first kappa shape index (κ1) is 15.0. The quantitative estimate of drug-likeness (QED) is 0.827. The number of amides is 1. The van der Waals surface area contributed by atoms with Gasteiger partial charge in [-0.3, -0.25) is 0 Å². The monoisotopic (exact) mass is 305 g/mol. The van der Waals surface area contributed by atoms with Gasteiger partial charge in [0.05, 0.1) is 31.7 Å². The fourth-order valence-corrected chi connectivity index (χ4v) is 3.06. The third kappa shape index (κ3) is 3.11. The number of ether oxygens (including phenoxy) is 2. The molecule has 0 bridgehead atoms. The number of benzene rings is 1. The molecule has 0 saturated carbocycles. The maximum atomic E-state index is 11.6. The minimum Gasteiger partial charge on any atom is -0.453 e. The van der Waals surface area contributed by atoms with E-state index in [0.29, 0.717) is 13.1 Å². The van der Waals surface area contributed by atoms with Crippen molar-refractivity contribution in [3.05, 3.63) is 24.3 Å². The van der Waals surface area contributed by atoms with Crippen LogP contribution in [-0.4, -0.2) is 70.6 Å². The average Bonchev–Trinajstić information content (AvgIpc) is 2.62. The highest BCUT2D eigenvalue weighted by molar-refractivity contribution is 5.72. The van der Waals surface area contributed by atoms with E-state index in [1.807, 2.05) is 0 Å². The molecule has 6 heteroatoms. The lowest BCUT2D eigenvalue weighted by Gasteiger charge is -2.38. The molecule has 3 rings (SSSR count). The zero-order valence-corrected chi connectivity index (χ0v) is 13.0. The molecule has 0 aromatic heterocycles. The second-order valence-corrected chi connectivity index (χ2v) is 5.53. The van der Waals surface area contributed by atoms with Crippen LogP contribution in [0.1, 0.15) is 0 Å². The molecule has 0 unspecified atom stereocenters. The van der Waals surface area contributed by atoms with Crippen molar-refractivity contribution in [2.75, 3.05) is 69.4 Å². The van der Waals surface area contributed by atoms with Crippen LogP contribution >= 0.6 is 0 Å². The van der Waals surface area contributed by atoms with Gasteiger partial charge >= 0.3 is 6.09 Å². The molecule has 22 heavy (non-hydrogen) atoms. The van der Waals surface area contributed by atoms with Gasteiger partial charge in [0.25, 0.3) is 0 Å². The Bertz CT molecular complexity index is 509. The van der Waals surface area contributed by atoms with E-state index in [0.717, 1.165) is 39.4 Å². The van der Waals surface area contributed by atoms with Gasteiger partial charge < -0.3 is 24.2 Å². The fraction of sp³-hybridized carbons (Fsp3) is 0.562. The van der Waals surface area contributed by atoms with Crippen molar-refractivity contribution in [1.29, 1.82) is 0 Å². The molecule has 2 aliphatic rings. The summed E-state index contributed by atoms with van der Waals surface area (Å²) in [6.07, 6.45) is -0.235. The standard InChI is InChI=1S/C16H23N3O3/c1-21-16(20)19-8-6-17(7-9-19)14-4-2-3-5-15(14)18-10-12-22-13-11-18/h2-5H,6-13H2,1H3. The van der Waals surface area contributed by atoms with Crippen LogP contribution in [0.25, 0.3) is 0 Å². The molecule has 2 fully saturated rings. The summed E-state index contributed by atoms with van der Waals surface area (Å²) in [5.74, 6) is 0. The first-order valence-electron chi connectivity index (χ1n) is 7.79. The van der Waals surface area contributed by atoms with Crippen LogP contribution in [0.5, 0.6) is 0 Å². The molecule has 1 amide bonds. The van der Waals surface area contributed by atoms with Crippen LogP contribution in [0.15, 0.2) is 24.3 Å². The zero-order valence-electron chi connectivity index (χ0n) is 13.0. The van der Waals surface area contributed by atoms with Gasteiger partial charge in [-0.15, -0.1) is 0 Å². The largest absolute Gasteiger partial charge is 0.453 e. The molecule has 0 aliphatic carbocycles. The molecule has 2 saturated heterocycles. The Hall–Kier alpha value is -1.95. The third-order valence-electron chi connectivity index (χ3n) is 4.29. The van der Waals surface area contributed by atoms with Crippen LogP contribution in [-0.2, 0) is 9.47 Å². The van der Waals surface area contributed by atoms with Crippen molar-refractivity contribution >= 4 is 17.5 Å². The van der Waals surface area contributed by atoms with Crippen LogP contribution < -0.4 is 9.80 Å². The van der Waals surface area contributed by atoms with Crippen LogP contribution in [0.4, 0.5) is 16.2 Å². The van der Waals surface area contributed by atoms with Gasteiger partial charge in [-0.2, -0.15) is 0 Å². The summed E-state index contributed by atoms with van der Waals surface area (Å²) < 4.78 is 10.2. The normalized spacial score (nSPS) is 19.2. The first-order valence-corrected chi connectivity index (χ1v) is 7.79. The van der Waals surface area contributed by atoms with Crippen LogP contribution in [0.2, 0.25) is 0 Å². The van der Waals surface area contributed by atoms with Crippen molar-refractivity contribution in [3.8, 4) is 0 Å². The summed E-state index contributed by atoms with van der Waals surface area (Å²) in [4.78, 5) is 18.1. The third-order valence-corrected chi connectivity index (χ3v) is 4.29. The minimum atomic E-state index is -0.235. The number of rotatable bonds is 2. The molecular formula is C16H23N3O3. The summed E-state index contributed by atoms with van der Waals surface area (Å²) in [6, 6.07) is 8.50. The van der Waals surface area contributed by atoms with Gasteiger partial charge in [0.15, 0.2) is 0 Å². The molecule has 0 N–H and O–H groups in total. The number of anilines is 2. The minimum absolute atomic E-state index is 0.235. The van der Waals surface area contributed by atoms with Crippen molar-refractivity contribution in [2.45, 2.75) is 0 Å². The molecule has 6 nitrogen and oxygen atoms in total. The maximum Gasteiger partial charge on any atom is 0.409 e. The lowest BCUT2D eigenvalue weighted by Crippen LogP contribution is -2.49. The molecule has 0 atom stereocenters. The first-order chi connectivity index (χ1) is 10.8. The smallest absolute Gasteiger partial charge is 0.409 e. The number of carbonyl (C=O) groups is 1.